The third-order valence-corrected chi connectivity index (χ3v) is 5.23. The maximum absolute atomic E-state index is 12.3. The smallest absolute Gasteiger partial charge is 0.218 e. The zero-order valence-corrected chi connectivity index (χ0v) is 12.3. The summed E-state index contributed by atoms with van der Waals surface area (Å²) in [5, 5.41) is 0. The van der Waals surface area contributed by atoms with Crippen LogP contribution in [0.1, 0.15) is 17.5 Å². The Hall–Kier alpha value is -0.620. The lowest BCUT2D eigenvalue weighted by atomic mass is 10.2. The second kappa shape index (κ2) is 6.70. The molecule has 0 aliphatic carbocycles. The summed E-state index contributed by atoms with van der Waals surface area (Å²) >= 11 is 5.76. The highest BCUT2D eigenvalue weighted by atomic mass is 35.5. The Labute approximate surface area is 119 Å². The zero-order valence-electron chi connectivity index (χ0n) is 10.7. The standard InChI is InChI=1S/C13H18ClNO3S/c14-10-12-3-1-4-13(9-12)11-19(16,17)15-5-2-7-18-8-6-15/h1,3-4,9H,2,5-8,10-11H2. The highest BCUT2D eigenvalue weighted by Gasteiger charge is 2.23. The molecule has 1 heterocycles. The van der Waals surface area contributed by atoms with Gasteiger partial charge in [0, 0.05) is 25.6 Å². The number of alkyl halides is 1. The molecule has 1 aliphatic heterocycles. The molecule has 1 aromatic rings. The summed E-state index contributed by atoms with van der Waals surface area (Å²) in [6, 6.07) is 7.40. The molecule has 0 radical (unpaired) electrons. The van der Waals surface area contributed by atoms with Gasteiger partial charge in [-0.25, -0.2) is 8.42 Å². The van der Waals surface area contributed by atoms with E-state index in [1.165, 1.54) is 4.31 Å². The largest absolute Gasteiger partial charge is 0.380 e. The molecule has 1 fully saturated rings. The molecule has 0 atom stereocenters. The number of sulfonamides is 1. The molecule has 106 valence electrons. The van der Waals surface area contributed by atoms with E-state index < -0.39 is 10.0 Å². The number of rotatable bonds is 4. The van der Waals surface area contributed by atoms with Gasteiger partial charge >= 0.3 is 0 Å². The fourth-order valence-electron chi connectivity index (χ4n) is 2.11. The van der Waals surface area contributed by atoms with E-state index >= 15 is 0 Å². The first-order chi connectivity index (χ1) is 9.12. The quantitative estimate of drug-likeness (QED) is 0.799. The molecule has 0 saturated carbocycles. The second-order valence-corrected chi connectivity index (χ2v) is 6.81. The molecule has 1 aliphatic rings. The van der Waals surface area contributed by atoms with Crippen molar-refractivity contribution in [3.05, 3.63) is 35.4 Å². The van der Waals surface area contributed by atoms with Crippen LogP contribution in [0.2, 0.25) is 0 Å². The Morgan fingerprint density at radius 3 is 2.79 bits per heavy atom. The predicted molar refractivity (Wildman–Crippen MR) is 75.6 cm³/mol. The van der Waals surface area contributed by atoms with Crippen molar-refractivity contribution in [1.29, 1.82) is 0 Å². The second-order valence-electron chi connectivity index (χ2n) is 4.57. The lowest BCUT2D eigenvalue weighted by Crippen LogP contribution is -2.34. The summed E-state index contributed by atoms with van der Waals surface area (Å²) in [5.74, 6) is 0.420. The van der Waals surface area contributed by atoms with Gasteiger partial charge in [-0.3, -0.25) is 0 Å². The molecule has 6 heteroatoms. The van der Waals surface area contributed by atoms with Gasteiger partial charge in [0.05, 0.1) is 12.4 Å². The Morgan fingerprint density at radius 1 is 1.21 bits per heavy atom. The average molecular weight is 304 g/mol. The Bertz CT molecular complexity index is 510. The predicted octanol–water partition coefficient (Wildman–Crippen LogP) is 1.98. The van der Waals surface area contributed by atoms with Crippen LogP contribution < -0.4 is 0 Å². The summed E-state index contributed by atoms with van der Waals surface area (Å²) in [6.45, 7) is 2.09. The Morgan fingerprint density at radius 2 is 2.00 bits per heavy atom. The molecular formula is C13H18ClNO3S. The first-order valence-electron chi connectivity index (χ1n) is 6.31. The molecular weight excluding hydrogens is 286 g/mol. The Kier molecular flexibility index (Phi) is 5.21. The number of ether oxygens (including phenoxy) is 1. The molecule has 0 unspecified atom stereocenters. The minimum atomic E-state index is -3.27. The SMILES string of the molecule is O=S(=O)(Cc1cccc(CCl)c1)N1CCCOCC1. The topological polar surface area (TPSA) is 46.6 Å². The van der Waals surface area contributed by atoms with Crippen LogP contribution in [0.25, 0.3) is 0 Å². The molecule has 2 rings (SSSR count). The van der Waals surface area contributed by atoms with Crippen LogP contribution in [-0.4, -0.2) is 39.0 Å². The summed E-state index contributed by atoms with van der Waals surface area (Å²) in [5.41, 5.74) is 1.72. The van der Waals surface area contributed by atoms with Crippen LogP contribution in [-0.2, 0) is 26.4 Å². The molecule has 4 nitrogen and oxygen atoms in total. The number of hydrogen-bond acceptors (Lipinski definition) is 3. The van der Waals surface area contributed by atoms with Crippen LogP contribution in [0, 0.1) is 0 Å². The van der Waals surface area contributed by atoms with Gasteiger partial charge in [0.1, 0.15) is 0 Å². The third kappa shape index (κ3) is 4.18. The van der Waals surface area contributed by atoms with E-state index in [1.807, 2.05) is 24.3 Å². The van der Waals surface area contributed by atoms with Crippen LogP contribution in [0.3, 0.4) is 0 Å². The monoisotopic (exact) mass is 303 g/mol. The molecule has 0 spiro atoms. The molecule has 19 heavy (non-hydrogen) atoms. The maximum Gasteiger partial charge on any atom is 0.218 e. The minimum Gasteiger partial charge on any atom is -0.380 e. The van der Waals surface area contributed by atoms with Crippen molar-refractivity contribution in [2.45, 2.75) is 18.1 Å². The lowest BCUT2D eigenvalue weighted by molar-refractivity contribution is 0.148. The Balaban J connectivity index is 2.10. The summed E-state index contributed by atoms with van der Waals surface area (Å²) in [4.78, 5) is 0. The minimum absolute atomic E-state index is 0.0255. The maximum atomic E-state index is 12.3. The van der Waals surface area contributed by atoms with Crippen molar-refractivity contribution in [1.82, 2.24) is 4.31 Å². The summed E-state index contributed by atoms with van der Waals surface area (Å²) in [6.07, 6.45) is 0.751. The number of hydrogen-bond donors (Lipinski definition) is 0. The van der Waals surface area contributed by atoms with E-state index in [1.54, 1.807) is 0 Å². The van der Waals surface area contributed by atoms with Crippen molar-refractivity contribution < 1.29 is 13.2 Å². The van der Waals surface area contributed by atoms with E-state index in [0.29, 0.717) is 32.2 Å². The fraction of sp³-hybridized carbons (Fsp3) is 0.538. The van der Waals surface area contributed by atoms with Gasteiger partial charge in [0.2, 0.25) is 10.0 Å². The van der Waals surface area contributed by atoms with Crippen molar-refractivity contribution in [3.8, 4) is 0 Å². The van der Waals surface area contributed by atoms with Crippen molar-refractivity contribution >= 4 is 21.6 Å². The molecule has 0 aromatic heterocycles. The van der Waals surface area contributed by atoms with Crippen molar-refractivity contribution in [2.75, 3.05) is 26.3 Å². The van der Waals surface area contributed by atoms with E-state index in [2.05, 4.69) is 0 Å². The lowest BCUT2D eigenvalue weighted by Gasteiger charge is -2.19. The molecule has 0 bridgehead atoms. The van der Waals surface area contributed by atoms with E-state index in [0.717, 1.165) is 17.5 Å². The normalized spacial score (nSPS) is 18.2. The highest BCUT2D eigenvalue weighted by Crippen LogP contribution is 2.15. The number of nitrogens with zero attached hydrogens (tertiary/aromatic N) is 1. The van der Waals surface area contributed by atoms with Crippen LogP contribution in [0.15, 0.2) is 24.3 Å². The van der Waals surface area contributed by atoms with Gasteiger partial charge in [-0.05, 0) is 17.5 Å². The molecule has 0 amide bonds. The van der Waals surface area contributed by atoms with E-state index in [-0.39, 0.29) is 5.75 Å². The summed E-state index contributed by atoms with van der Waals surface area (Å²) < 4.78 is 31.5. The van der Waals surface area contributed by atoms with Gasteiger partial charge in [-0.15, -0.1) is 11.6 Å². The number of benzene rings is 1. The molecule has 1 saturated heterocycles. The van der Waals surface area contributed by atoms with Crippen molar-refractivity contribution in [3.63, 3.8) is 0 Å². The molecule has 1 aromatic carbocycles. The molecule has 0 N–H and O–H groups in total. The van der Waals surface area contributed by atoms with Crippen LogP contribution in [0.5, 0.6) is 0 Å². The highest BCUT2D eigenvalue weighted by molar-refractivity contribution is 7.88. The average Bonchev–Trinajstić information content (AvgIpc) is 2.68. The first kappa shape index (κ1) is 14.8. The zero-order chi connectivity index (χ0) is 13.7. The fourth-order valence-corrected chi connectivity index (χ4v) is 3.82. The third-order valence-electron chi connectivity index (χ3n) is 3.07. The van der Waals surface area contributed by atoms with Crippen LogP contribution in [0.4, 0.5) is 0 Å². The first-order valence-corrected chi connectivity index (χ1v) is 8.45. The van der Waals surface area contributed by atoms with Crippen molar-refractivity contribution in [2.24, 2.45) is 0 Å². The van der Waals surface area contributed by atoms with Gasteiger partial charge < -0.3 is 4.74 Å². The van der Waals surface area contributed by atoms with Crippen LogP contribution >= 0.6 is 11.6 Å². The van der Waals surface area contributed by atoms with Gasteiger partial charge in [0.15, 0.2) is 0 Å². The van der Waals surface area contributed by atoms with Gasteiger partial charge in [0.25, 0.3) is 0 Å². The summed E-state index contributed by atoms with van der Waals surface area (Å²) in [7, 11) is -3.27. The van der Waals surface area contributed by atoms with Gasteiger partial charge in [-0.1, -0.05) is 24.3 Å². The van der Waals surface area contributed by atoms with E-state index in [4.69, 9.17) is 16.3 Å². The number of halogens is 1. The van der Waals surface area contributed by atoms with E-state index in [9.17, 15) is 8.42 Å². The van der Waals surface area contributed by atoms with Gasteiger partial charge in [-0.2, -0.15) is 4.31 Å².